The van der Waals surface area contributed by atoms with Gasteiger partial charge >= 0.3 is 6.18 Å². The van der Waals surface area contributed by atoms with Crippen molar-refractivity contribution >= 4 is 0 Å². The predicted molar refractivity (Wildman–Crippen MR) is 58.7 cm³/mol. The number of halogens is 3. The zero-order valence-corrected chi connectivity index (χ0v) is 10.2. The molecule has 0 aromatic carbocycles. The largest absolute Gasteiger partial charge is 0.415 e. The van der Waals surface area contributed by atoms with E-state index in [-0.39, 0.29) is 6.54 Å². The molecule has 3 N–H and O–H groups in total. The average Bonchev–Trinajstić information content (AvgIpc) is 2.24. The van der Waals surface area contributed by atoms with Crippen molar-refractivity contribution in [3.8, 4) is 0 Å². The fourth-order valence-electron chi connectivity index (χ4n) is 1.35. The van der Waals surface area contributed by atoms with Gasteiger partial charge in [0.15, 0.2) is 6.10 Å². The van der Waals surface area contributed by atoms with Crippen molar-refractivity contribution in [2.24, 2.45) is 0 Å². The first-order valence-corrected chi connectivity index (χ1v) is 5.67. The summed E-state index contributed by atoms with van der Waals surface area (Å²) in [4.78, 5) is 1.96. The van der Waals surface area contributed by atoms with Gasteiger partial charge in [0.05, 0.1) is 6.10 Å². The molecular formula is C10H21F3N2O2. The van der Waals surface area contributed by atoms with E-state index >= 15 is 0 Å². The minimum atomic E-state index is -4.61. The number of nitrogens with zero attached hydrogens (tertiary/aromatic N) is 1. The van der Waals surface area contributed by atoms with Gasteiger partial charge in [-0.1, -0.05) is 13.8 Å². The van der Waals surface area contributed by atoms with Crippen LogP contribution in [0.5, 0.6) is 0 Å². The molecule has 0 fully saturated rings. The van der Waals surface area contributed by atoms with E-state index in [9.17, 15) is 18.3 Å². The molecule has 0 amide bonds. The van der Waals surface area contributed by atoms with Gasteiger partial charge in [-0.15, -0.1) is 0 Å². The number of hydrogen-bond donors (Lipinski definition) is 3. The van der Waals surface area contributed by atoms with Crippen LogP contribution < -0.4 is 5.32 Å². The van der Waals surface area contributed by atoms with E-state index in [4.69, 9.17) is 5.11 Å². The normalized spacial score (nSPS) is 16.2. The van der Waals surface area contributed by atoms with Crippen LogP contribution in [0.1, 0.15) is 13.8 Å². The molecule has 0 aliphatic heterocycles. The lowest BCUT2D eigenvalue weighted by atomic mass is 10.3. The summed E-state index contributed by atoms with van der Waals surface area (Å²) in [6.07, 6.45) is -7.74. The summed E-state index contributed by atoms with van der Waals surface area (Å²) < 4.78 is 35.8. The lowest BCUT2D eigenvalue weighted by molar-refractivity contribution is -0.202. The van der Waals surface area contributed by atoms with Gasteiger partial charge in [-0.05, 0) is 13.1 Å². The maximum Gasteiger partial charge on any atom is 0.415 e. The first-order chi connectivity index (χ1) is 7.81. The Morgan fingerprint density at radius 1 is 1.12 bits per heavy atom. The Bertz CT molecular complexity index is 198. The molecule has 7 heteroatoms. The van der Waals surface area contributed by atoms with Crippen LogP contribution in [0.3, 0.4) is 0 Å². The fourth-order valence-corrected chi connectivity index (χ4v) is 1.35. The Balaban J connectivity index is 3.74. The Hall–Kier alpha value is -0.370. The summed E-state index contributed by atoms with van der Waals surface area (Å²) in [6, 6.07) is 0. The topological polar surface area (TPSA) is 55.7 Å². The van der Waals surface area contributed by atoms with Crippen molar-refractivity contribution in [3.63, 3.8) is 0 Å². The third kappa shape index (κ3) is 7.54. The quantitative estimate of drug-likeness (QED) is 0.582. The number of aliphatic hydroxyl groups is 2. The molecule has 2 atom stereocenters. The van der Waals surface area contributed by atoms with Gasteiger partial charge in [-0.2, -0.15) is 13.2 Å². The molecule has 0 spiro atoms. The molecule has 0 aromatic rings. The summed E-state index contributed by atoms with van der Waals surface area (Å²) in [5.74, 6) is 0. The molecule has 17 heavy (non-hydrogen) atoms. The summed E-state index contributed by atoms with van der Waals surface area (Å²) in [5, 5.41) is 20.6. The zero-order chi connectivity index (χ0) is 13.5. The maximum absolute atomic E-state index is 11.9. The molecular weight excluding hydrogens is 237 g/mol. The summed E-state index contributed by atoms with van der Waals surface area (Å²) in [6.45, 7) is 5.27. The lowest BCUT2D eigenvalue weighted by Gasteiger charge is -2.22. The Kier molecular flexibility index (Phi) is 7.69. The van der Waals surface area contributed by atoms with Gasteiger partial charge in [0.25, 0.3) is 0 Å². The Morgan fingerprint density at radius 3 is 2.06 bits per heavy atom. The minimum Gasteiger partial charge on any atom is -0.390 e. The summed E-state index contributed by atoms with van der Waals surface area (Å²) in [5.41, 5.74) is 0. The summed E-state index contributed by atoms with van der Waals surface area (Å²) >= 11 is 0. The highest BCUT2D eigenvalue weighted by Crippen LogP contribution is 2.19. The van der Waals surface area contributed by atoms with Crippen molar-refractivity contribution in [2.45, 2.75) is 32.2 Å². The first-order valence-electron chi connectivity index (χ1n) is 5.67. The molecule has 0 heterocycles. The van der Waals surface area contributed by atoms with Crippen LogP contribution in [0.25, 0.3) is 0 Å². The molecule has 0 rings (SSSR count). The molecule has 0 saturated heterocycles. The van der Waals surface area contributed by atoms with Crippen molar-refractivity contribution in [1.29, 1.82) is 0 Å². The van der Waals surface area contributed by atoms with Gasteiger partial charge in [0.1, 0.15) is 0 Å². The maximum atomic E-state index is 11.9. The van der Waals surface area contributed by atoms with E-state index < -0.39 is 24.9 Å². The number of rotatable bonds is 8. The van der Waals surface area contributed by atoms with Crippen LogP contribution in [0.15, 0.2) is 0 Å². The van der Waals surface area contributed by atoms with Gasteiger partial charge in [0, 0.05) is 19.6 Å². The molecule has 2 unspecified atom stereocenters. The third-order valence-corrected chi connectivity index (χ3v) is 2.46. The van der Waals surface area contributed by atoms with E-state index in [0.717, 1.165) is 13.1 Å². The highest BCUT2D eigenvalue weighted by molar-refractivity contribution is 4.71. The van der Waals surface area contributed by atoms with Crippen molar-refractivity contribution in [3.05, 3.63) is 0 Å². The monoisotopic (exact) mass is 258 g/mol. The second kappa shape index (κ2) is 7.86. The van der Waals surface area contributed by atoms with E-state index in [1.54, 1.807) is 0 Å². The van der Waals surface area contributed by atoms with Crippen LogP contribution in [0.4, 0.5) is 13.2 Å². The van der Waals surface area contributed by atoms with E-state index in [0.29, 0.717) is 6.54 Å². The molecule has 104 valence electrons. The highest BCUT2D eigenvalue weighted by atomic mass is 19.4. The molecule has 0 aromatic heterocycles. The van der Waals surface area contributed by atoms with Crippen molar-refractivity contribution < 1.29 is 23.4 Å². The van der Waals surface area contributed by atoms with E-state index in [1.165, 1.54) is 0 Å². The minimum absolute atomic E-state index is 0.0314. The molecule has 0 saturated carbocycles. The average molecular weight is 258 g/mol. The van der Waals surface area contributed by atoms with Crippen LogP contribution in [-0.2, 0) is 0 Å². The van der Waals surface area contributed by atoms with Gasteiger partial charge in [0.2, 0.25) is 0 Å². The standard InChI is InChI=1S/C10H21F3N2O2/c1-3-15(4-2)7-8(16)5-14-6-9(17)10(11,12)13/h8-9,14,16-17H,3-7H2,1-2H3. The number of nitrogens with one attached hydrogen (secondary N) is 1. The highest BCUT2D eigenvalue weighted by Gasteiger charge is 2.37. The second-order valence-corrected chi connectivity index (χ2v) is 3.86. The Morgan fingerprint density at radius 2 is 1.65 bits per heavy atom. The third-order valence-electron chi connectivity index (χ3n) is 2.46. The van der Waals surface area contributed by atoms with Crippen molar-refractivity contribution in [1.82, 2.24) is 10.2 Å². The van der Waals surface area contributed by atoms with E-state index in [1.807, 2.05) is 18.7 Å². The molecule has 0 aliphatic rings. The molecule has 4 nitrogen and oxygen atoms in total. The fraction of sp³-hybridized carbons (Fsp3) is 1.00. The second-order valence-electron chi connectivity index (χ2n) is 3.86. The van der Waals surface area contributed by atoms with Crippen LogP contribution in [0, 0.1) is 0 Å². The van der Waals surface area contributed by atoms with E-state index in [2.05, 4.69) is 5.32 Å². The smallest absolute Gasteiger partial charge is 0.390 e. The predicted octanol–water partition coefficient (Wildman–Crippen LogP) is 0.202. The van der Waals surface area contributed by atoms with Crippen LogP contribution in [0.2, 0.25) is 0 Å². The number of aliphatic hydroxyl groups excluding tert-OH is 2. The first kappa shape index (κ1) is 16.6. The molecule has 0 bridgehead atoms. The number of hydrogen-bond acceptors (Lipinski definition) is 4. The van der Waals surface area contributed by atoms with Gasteiger partial charge in [-0.25, -0.2) is 0 Å². The van der Waals surface area contributed by atoms with Crippen LogP contribution >= 0.6 is 0 Å². The van der Waals surface area contributed by atoms with Gasteiger partial charge < -0.3 is 20.4 Å². The number of likely N-dealkylation sites (N-methyl/N-ethyl adjacent to an activating group) is 1. The Labute approximate surface area is 99.4 Å². The molecule has 0 radical (unpaired) electrons. The lowest BCUT2D eigenvalue weighted by Crippen LogP contribution is -2.43. The SMILES string of the molecule is CCN(CC)CC(O)CNCC(O)C(F)(F)F. The number of alkyl halides is 3. The van der Waals surface area contributed by atoms with Gasteiger partial charge in [-0.3, -0.25) is 0 Å². The molecule has 0 aliphatic carbocycles. The van der Waals surface area contributed by atoms with Crippen molar-refractivity contribution in [2.75, 3.05) is 32.7 Å². The zero-order valence-electron chi connectivity index (χ0n) is 10.2. The van der Waals surface area contributed by atoms with Crippen LogP contribution in [-0.4, -0.2) is 66.2 Å². The summed E-state index contributed by atoms with van der Waals surface area (Å²) in [7, 11) is 0.